The molecule has 1 saturated carbocycles. The normalized spacial score (nSPS) is 29.0. The molecule has 1 aromatic rings. The molecule has 1 aliphatic carbocycles. The molecule has 2 fully saturated rings. The van der Waals surface area contributed by atoms with E-state index in [9.17, 15) is 0 Å². The number of halogens is 1. The standard InChI is InChI=1S/C19H29N3O.HI/c1-12-8-6-7-9-14(12)13(2)21-18(20-5)22-16-15-10-11-23-17(15)19(16,3)4;/h6-9,13,15-17H,10-11H2,1-5H3,(H2,20,21,22);1H. The van der Waals surface area contributed by atoms with Gasteiger partial charge in [0, 0.05) is 31.0 Å². The number of hydrogen-bond acceptors (Lipinski definition) is 2. The van der Waals surface area contributed by atoms with E-state index < -0.39 is 0 Å². The van der Waals surface area contributed by atoms with Crippen molar-refractivity contribution >= 4 is 29.9 Å². The van der Waals surface area contributed by atoms with Crippen LogP contribution in [-0.4, -0.2) is 31.8 Å². The van der Waals surface area contributed by atoms with Crippen LogP contribution in [0.25, 0.3) is 0 Å². The first-order valence-electron chi connectivity index (χ1n) is 8.62. The summed E-state index contributed by atoms with van der Waals surface area (Å²) in [6.45, 7) is 9.80. The quantitative estimate of drug-likeness (QED) is 0.426. The molecular weight excluding hydrogens is 413 g/mol. The second-order valence-corrected chi connectivity index (χ2v) is 7.48. The molecule has 2 N–H and O–H groups in total. The van der Waals surface area contributed by atoms with Crippen molar-refractivity contribution in [3.8, 4) is 0 Å². The number of nitrogens with zero attached hydrogens (tertiary/aromatic N) is 1. The highest BCUT2D eigenvalue weighted by atomic mass is 127. The average Bonchev–Trinajstić information content (AvgIpc) is 2.98. The Morgan fingerprint density at radius 2 is 2.04 bits per heavy atom. The summed E-state index contributed by atoms with van der Waals surface area (Å²) in [4.78, 5) is 4.44. The number of fused-ring (bicyclic) bond motifs is 1. The summed E-state index contributed by atoms with van der Waals surface area (Å²) < 4.78 is 5.88. The van der Waals surface area contributed by atoms with Gasteiger partial charge in [0.1, 0.15) is 0 Å². The van der Waals surface area contributed by atoms with Crippen LogP contribution in [0.3, 0.4) is 0 Å². The first kappa shape index (κ1) is 19.5. The molecule has 4 unspecified atom stereocenters. The second-order valence-electron chi connectivity index (χ2n) is 7.48. The van der Waals surface area contributed by atoms with Crippen molar-refractivity contribution < 1.29 is 4.74 Å². The number of aliphatic imine (C=N–C) groups is 1. The van der Waals surface area contributed by atoms with Gasteiger partial charge in [0.15, 0.2) is 5.96 Å². The van der Waals surface area contributed by atoms with Gasteiger partial charge in [-0.2, -0.15) is 0 Å². The lowest BCUT2D eigenvalue weighted by atomic mass is 9.57. The zero-order chi connectivity index (χ0) is 16.6. The molecule has 4 atom stereocenters. The zero-order valence-electron chi connectivity index (χ0n) is 15.3. The fourth-order valence-corrected chi connectivity index (χ4v) is 4.29. The predicted molar refractivity (Wildman–Crippen MR) is 110 cm³/mol. The van der Waals surface area contributed by atoms with Crippen LogP contribution in [0.2, 0.25) is 0 Å². The van der Waals surface area contributed by atoms with E-state index in [4.69, 9.17) is 4.74 Å². The van der Waals surface area contributed by atoms with E-state index in [1.165, 1.54) is 11.1 Å². The highest BCUT2D eigenvalue weighted by Gasteiger charge is 2.59. The first-order chi connectivity index (χ1) is 10.9. The summed E-state index contributed by atoms with van der Waals surface area (Å²) >= 11 is 0. The van der Waals surface area contributed by atoms with Gasteiger partial charge in [0.2, 0.25) is 0 Å². The summed E-state index contributed by atoms with van der Waals surface area (Å²) in [5, 5.41) is 7.18. The SMILES string of the molecule is CN=C(NC(C)c1ccccc1C)NC1C2CCOC2C1(C)C.I. The summed E-state index contributed by atoms with van der Waals surface area (Å²) in [6, 6.07) is 9.14. The van der Waals surface area contributed by atoms with E-state index in [1.54, 1.807) is 0 Å². The van der Waals surface area contributed by atoms with Crippen molar-refractivity contribution in [2.45, 2.75) is 52.3 Å². The Morgan fingerprint density at radius 1 is 1.33 bits per heavy atom. The molecule has 24 heavy (non-hydrogen) atoms. The van der Waals surface area contributed by atoms with E-state index in [2.05, 4.69) is 67.6 Å². The molecule has 2 aliphatic rings. The van der Waals surface area contributed by atoms with Crippen molar-refractivity contribution in [3.05, 3.63) is 35.4 Å². The van der Waals surface area contributed by atoms with E-state index in [1.807, 2.05) is 7.05 Å². The van der Waals surface area contributed by atoms with E-state index in [0.29, 0.717) is 18.1 Å². The summed E-state index contributed by atoms with van der Waals surface area (Å²) in [6.07, 6.45) is 1.54. The smallest absolute Gasteiger partial charge is 0.191 e. The number of nitrogens with one attached hydrogen (secondary N) is 2. The van der Waals surface area contributed by atoms with Crippen LogP contribution in [-0.2, 0) is 4.74 Å². The Bertz CT molecular complexity index is 602. The minimum atomic E-state index is 0. The lowest BCUT2D eigenvalue weighted by molar-refractivity contribution is -0.106. The van der Waals surface area contributed by atoms with Gasteiger partial charge in [-0.3, -0.25) is 4.99 Å². The molecule has 1 saturated heterocycles. The molecular formula is C19H30IN3O. The van der Waals surface area contributed by atoms with Gasteiger partial charge >= 0.3 is 0 Å². The number of guanidine groups is 1. The summed E-state index contributed by atoms with van der Waals surface area (Å²) in [5.41, 5.74) is 2.77. The first-order valence-corrected chi connectivity index (χ1v) is 8.62. The van der Waals surface area contributed by atoms with Gasteiger partial charge in [-0.15, -0.1) is 24.0 Å². The van der Waals surface area contributed by atoms with Crippen LogP contribution in [0, 0.1) is 18.3 Å². The highest BCUT2D eigenvalue weighted by molar-refractivity contribution is 14.0. The van der Waals surface area contributed by atoms with E-state index >= 15 is 0 Å². The molecule has 3 rings (SSSR count). The Hall–Kier alpha value is -0.820. The number of benzene rings is 1. The number of ether oxygens (including phenoxy) is 1. The fourth-order valence-electron chi connectivity index (χ4n) is 4.29. The van der Waals surface area contributed by atoms with Gasteiger partial charge < -0.3 is 15.4 Å². The van der Waals surface area contributed by atoms with Gasteiger partial charge in [-0.05, 0) is 31.4 Å². The van der Waals surface area contributed by atoms with Crippen molar-refractivity contribution in [2.24, 2.45) is 16.3 Å². The maximum atomic E-state index is 5.88. The molecule has 1 aliphatic heterocycles. The minimum absolute atomic E-state index is 0. The predicted octanol–water partition coefficient (Wildman–Crippen LogP) is 3.65. The molecule has 4 nitrogen and oxygen atoms in total. The molecule has 0 spiro atoms. The van der Waals surface area contributed by atoms with E-state index in [-0.39, 0.29) is 35.4 Å². The Kier molecular flexibility index (Phi) is 6.18. The molecule has 5 heteroatoms. The van der Waals surface area contributed by atoms with Crippen LogP contribution >= 0.6 is 24.0 Å². The average molecular weight is 443 g/mol. The molecule has 0 aromatic heterocycles. The summed E-state index contributed by atoms with van der Waals surface area (Å²) in [5.74, 6) is 1.49. The molecule has 0 amide bonds. The monoisotopic (exact) mass is 443 g/mol. The molecule has 0 bridgehead atoms. The number of rotatable bonds is 3. The van der Waals surface area contributed by atoms with Gasteiger partial charge in [0.05, 0.1) is 12.1 Å². The third kappa shape index (κ3) is 3.43. The van der Waals surface area contributed by atoms with Crippen LogP contribution in [0.1, 0.15) is 44.4 Å². The zero-order valence-corrected chi connectivity index (χ0v) is 17.6. The van der Waals surface area contributed by atoms with Crippen LogP contribution in [0.5, 0.6) is 0 Å². The fraction of sp³-hybridized carbons (Fsp3) is 0.632. The lowest BCUT2D eigenvalue weighted by Gasteiger charge is -2.55. The van der Waals surface area contributed by atoms with Crippen LogP contribution in [0.4, 0.5) is 0 Å². The van der Waals surface area contributed by atoms with Crippen molar-refractivity contribution in [1.82, 2.24) is 10.6 Å². The molecule has 134 valence electrons. The van der Waals surface area contributed by atoms with Gasteiger partial charge in [-0.1, -0.05) is 38.1 Å². The Morgan fingerprint density at radius 3 is 2.71 bits per heavy atom. The Labute approximate surface area is 162 Å². The topological polar surface area (TPSA) is 45.7 Å². The second kappa shape index (κ2) is 7.60. The lowest BCUT2D eigenvalue weighted by Crippen LogP contribution is -2.68. The van der Waals surface area contributed by atoms with Gasteiger partial charge in [0.25, 0.3) is 0 Å². The molecule has 0 radical (unpaired) electrons. The van der Waals surface area contributed by atoms with Crippen molar-refractivity contribution in [3.63, 3.8) is 0 Å². The van der Waals surface area contributed by atoms with Crippen LogP contribution < -0.4 is 10.6 Å². The minimum Gasteiger partial charge on any atom is -0.377 e. The van der Waals surface area contributed by atoms with Crippen molar-refractivity contribution in [1.29, 1.82) is 0 Å². The summed E-state index contributed by atoms with van der Waals surface area (Å²) in [7, 11) is 1.84. The molecule has 1 aromatic carbocycles. The maximum absolute atomic E-state index is 5.88. The van der Waals surface area contributed by atoms with E-state index in [0.717, 1.165) is 19.0 Å². The third-order valence-corrected chi connectivity index (χ3v) is 5.62. The third-order valence-electron chi connectivity index (χ3n) is 5.62. The van der Waals surface area contributed by atoms with Crippen LogP contribution in [0.15, 0.2) is 29.3 Å². The largest absolute Gasteiger partial charge is 0.377 e. The molecule has 1 heterocycles. The Balaban J connectivity index is 0.00000208. The number of hydrogen-bond donors (Lipinski definition) is 2. The maximum Gasteiger partial charge on any atom is 0.191 e. The highest BCUT2D eigenvalue weighted by Crippen LogP contribution is 2.52. The number of aryl methyl sites for hydroxylation is 1. The van der Waals surface area contributed by atoms with Crippen molar-refractivity contribution in [2.75, 3.05) is 13.7 Å². The van der Waals surface area contributed by atoms with Gasteiger partial charge in [-0.25, -0.2) is 0 Å².